The van der Waals surface area contributed by atoms with Gasteiger partial charge in [-0.1, -0.05) is 36.4 Å². The Kier molecular flexibility index (Phi) is 5.67. The average molecular weight is 362 g/mol. The smallest absolute Gasteiger partial charge is 0.261 e. The highest BCUT2D eigenvalue weighted by Crippen LogP contribution is 2.26. The molecule has 0 radical (unpaired) electrons. The SMILES string of the molecule is C[C@H](Oc1ccc(C#N)cc1)C(=O)N[C@@H](c1ccccc1)c1cccs1. The Bertz CT molecular complexity index is 884. The Balaban J connectivity index is 1.72. The maximum Gasteiger partial charge on any atom is 0.261 e. The summed E-state index contributed by atoms with van der Waals surface area (Å²) in [5, 5.41) is 13.9. The molecule has 3 aromatic rings. The molecule has 1 heterocycles. The van der Waals surface area contributed by atoms with Gasteiger partial charge in [0, 0.05) is 4.88 Å². The van der Waals surface area contributed by atoms with E-state index in [9.17, 15) is 4.79 Å². The molecule has 0 bridgehead atoms. The van der Waals surface area contributed by atoms with Crippen LogP contribution in [-0.4, -0.2) is 12.0 Å². The first-order valence-electron chi connectivity index (χ1n) is 8.23. The van der Waals surface area contributed by atoms with Crippen molar-refractivity contribution >= 4 is 17.2 Å². The summed E-state index contributed by atoms with van der Waals surface area (Å²) in [6.45, 7) is 1.71. The van der Waals surface area contributed by atoms with Gasteiger partial charge in [-0.2, -0.15) is 5.26 Å². The van der Waals surface area contributed by atoms with E-state index in [0.29, 0.717) is 11.3 Å². The molecule has 2 atom stereocenters. The van der Waals surface area contributed by atoms with Crippen molar-refractivity contribution in [3.63, 3.8) is 0 Å². The summed E-state index contributed by atoms with van der Waals surface area (Å²) < 4.78 is 5.71. The second-order valence-corrected chi connectivity index (χ2v) is 6.74. The Morgan fingerprint density at radius 3 is 2.42 bits per heavy atom. The molecule has 130 valence electrons. The molecule has 1 amide bonds. The third kappa shape index (κ3) is 4.29. The molecule has 0 fully saturated rings. The molecule has 4 nitrogen and oxygen atoms in total. The van der Waals surface area contributed by atoms with Gasteiger partial charge in [-0.15, -0.1) is 11.3 Å². The molecule has 0 aliphatic rings. The van der Waals surface area contributed by atoms with Gasteiger partial charge in [-0.05, 0) is 48.2 Å². The van der Waals surface area contributed by atoms with Crippen LogP contribution in [0.15, 0.2) is 72.1 Å². The highest BCUT2D eigenvalue weighted by Gasteiger charge is 2.22. The highest BCUT2D eigenvalue weighted by atomic mass is 32.1. The fourth-order valence-electron chi connectivity index (χ4n) is 2.55. The maximum atomic E-state index is 12.7. The van der Waals surface area contributed by atoms with E-state index >= 15 is 0 Å². The number of carbonyl (C=O) groups is 1. The molecule has 26 heavy (non-hydrogen) atoms. The van der Waals surface area contributed by atoms with Gasteiger partial charge in [0.2, 0.25) is 0 Å². The zero-order chi connectivity index (χ0) is 18.4. The number of nitriles is 1. The van der Waals surface area contributed by atoms with E-state index in [4.69, 9.17) is 10.00 Å². The van der Waals surface area contributed by atoms with Crippen LogP contribution in [0, 0.1) is 11.3 Å². The quantitative estimate of drug-likeness (QED) is 0.711. The minimum Gasteiger partial charge on any atom is -0.481 e. The zero-order valence-corrected chi connectivity index (χ0v) is 15.1. The van der Waals surface area contributed by atoms with Crippen molar-refractivity contribution in [3.8, 4) is 11.8 Å². The monoisotopic (exact) mass is 362 g/mol. The minimum absolute atomic E-state index is 0.198. The topological polar surface area (TPSA) is 62.1 Å². The van der Waals surface area contributed by atoms with Crippen LogP contribution in [-0.2, 0) is 4.79 Å². The molecule has 0 saturated heterocycles. The molecule has 0 aliphatic carbocycles. The lowest BCUT2D eigenvalue weighted by Gasteiger charge is -2.21. The first kappa shape index (κ1) is 17.7. The third-order valence-electron chi connectivity index (χ3n) is 3.91. The Morgan fingerprint density at radius 2 is 1.81 bits per heavy atom. The number of hydrogen-bond acceptors (Lipinski definition) is 4. The zero-order valence-electron chi connectivity index (χ0n) is 14.3. The summed E-state index contributed by atoms with van der Waals surface area (Å²) in [4.78, 5) is 13.7. The second kappa shape index (κ2) is 8.32. The van der Waals surface area contributed by atoms with E-state index in [2.05, 4.69) is 11.4 Å². The number of benzene rings is 2. The maximum absolute atomic E-state index is 12.7. The van der Waals surface area contributed by atoms with E-state index in [1.54, 1.807) is 42.5 Å². The number of rotatable bonds is 6. The van der Waals surface area contributed by atoms with Crippen LogP contribution in [0.5, 0.6) is 5.75 Å². The predicted molar refractivity (Wildman–Crippen MR) is 102 cm³/mol. The van der Waals surface area contributed by atoms with Gasteiger partial charge in [-0.3, -0.25) is 4.79 Å². The van der Waals surface area contributed by atoms with Crippen molar-refractivity contribution in [1.29, 1.82) is 5.26 Å². The van der Waals surface area contributed by atoms with Crippen LogP contribution in [0.1, 0.15) is 29.0 Å². The molecule has 0 spiro atoms. The summed E-state index contributed by atoms with van der Waals surface area (Å²) in [5.74, 6) is 0.357. The lowest BCUT2D eigenvalue weighted by atomic mass is 10.1. The molecule has 5 heteroatoms. The number of amides is 1. The van der Waals surface area contributed by atoms with E-state index in [-0.39, 0.29) is 11.9 Å². The van der Waals surface area contributed by atoms with Crippen molar-refractivity contribution in [2.24, 2.45) is 0 Å². The standard InChI is InChI=1S/C21H18N2O2S/c1-15(25-18-11-9-16(14-22)10-12-18)21(24)23-20(19-8-5-13-26-19)17-6-3-2-4-7-17/h2-13,15,20H,1H3,(H,23,24)/t15-,20-/m0/s1. The van der Waals surface area contributed by atoms with Crippen molar-refractivity contribution < 1.29 is 9.53 Å². The largest absolute Gasteiger partial charge is 0.481 e. The average Bonchev–Trinajstić information content (AvgIpc) is 3.21. The lowest BCUT2D eigenvalue weighted by Crippen LogP contribution is -2.38. The van der Waals surface area contributed by atoms with E-state index in [0.717, 1.165) is 10.4 Å². The minimum atomic E-state index is -0.658. The highest BCUT2D eigenvalue weighted by molar-refractivity contribution is 7.10. The second-order valence-electron chi connectivity index (χ2n) is 5.76. The van der Waals surface area contributed by atoms with Crippen molar-refractivity contribution in [2.75, 3.05) is 0 Å². The molecular formula is C21H18N2O2S. The third-order valence-corrected chi connectivity index (χ3v) is 4.85. The van der Waals surface area contributed by atoms with E-state index < -0.39 is 6.10 Å². The first-order valence-corrected chi connectivity index (χ1v) is 9.11. The van der Waals surface area contributed by atoms with Gasteiger partial charge >= 0.3 is 0 Å². The first-order chi connectivity index (χ1) is 12.7. The predicted octanol–water partition coefficient (Wildman–Crippen LogP) is 4.29. The molecular weight excluding hydrogens is 344 g/mol. The van der Waals surface area contributed by atoms with Crippen LogP contribution in [0.3, 0.4) is 0 Å². The van der Waals surface area contributed by atoms with E-state index in [1.165, 1.54) is 0 Å². The number of thiophene rings is 1. The van der Waals surface area contributed by atoms with Crippen LogP contribution >= 0.6 is 11.3 Å². The molecule has 2 aromatic carbocycles. The number of hydrogen-bond donors (Lipinski definition) is 1. The van der Waals surface area contributed by atoms with Gasteiger partial charge in [0.1, 0.15) is 5.75 Å². The van der Waals surface area contributed by atoms with Gasteiger partial charge in [-0.25, -0.2) is 0 Å². The molecule has 0 aliphatic heterocycles. The number of ether oxygens (including phenoxy) is 1. The van der Waals surface area contributed by atoms with Gasteiger partial charge in [0.25, 0.3) is 5.91 Å². The molecule has 1 aromatic heterocycles. The van der Waals surface area contributed by atoms with Crippen molar-refractivity contribution in [1.82, 2.24) is 5.32 Å². The fraction of sp³-hybridized carbons (Fsp3) is 0.143. The fourth-order valence-corrected chi connectivity index (χ4v) is 3.35. The van der Waals surface area contributed by atoms with Gasteiger partial charge in [0.15, 0.2) is 6.10 Å². The Morgan fingerprint density at radius 1 is 1.08 bits per heavy atom. The summed E-state index contributed by atoms with van der Waals surface area (Å²) in [6, 6.07) is 22.4. The van der Waals surface area contributed by atoms with Crippen molar-refractivity contribution in [2.45, 2.75) is 19.1 Å². The lowest BCUT2D eigenvalue weighted by molar-refractivity contribution is -0.127. The summed E-state index contributed by atoms with van der Waals surface area (Å²) in [6.07, 6.45) is -0.658. The van der Waals surface area contributed by atoms with Crippen molar-refractivity contribution in [3.05, 3.63) is 88.1 Å². The molecule has 3 rings (SSSR count). The van der Waals surface area contributed by atoms with Crippen LogP contribution in [0.4, 0.5) is 0 Å². The van der Waals surface area contributed by atoms with Crippen LogP contribution in [0.25, 0.3) is 0 Å². The van der Waals surface area contributed by atoms with Crippen LogP contribution < -0.4 is 10.1 Å². The summed E-state index contributed by atoms with van der Waals surface area (Å²) in [7, 11) is 0. The molecule has 0 unspecified atom stereocenters. The Labute approximate surface area is 156 Å². The van der Waals surface area contributed by atoms with Gasteiger partial charge < -0.3 is 10.1 Å². The number of carbonyl (C=O) groups excluding carboxylic acids is 1. The Hall–Kier alpha value is -3.10. The van der Waals surface area contributed by atoms with Gasteiger partial charge in [0.05, 0.1) is 17.7 Å². The summed E-state index contributed by atoms with van der Waals surface area (Å²) >= 11 is 1.60. The molecule has 0 saturated carbocycles. The van der Waals surface area contributed by atoms with Crippen LogP contribution in [0.2, 0.25) is 0 Å². The van der Waals surface area contributed by atoms with E-state index in [1.807, 2.05) is 47.8 Å². The number of nitrogens with zero attached hydrogens (tertiary/aromatic N) is 1. The summed E-state index contributed by atoms with van der Waals surface area (Å²) in [5.41, 5.74) is 1.57. The normalized spacial score (nSPS) is 12.6. The number of nitrogens with one attached hydrogen (secondary N) is 1. The molecule has 1 N–H and O–H groups in total.